The molecule has 0 aromatic heterocycles. The fraction of sp³-hybridized carbons (Fsp3) is 0.0370. The van der Waals surface area contributed by atoms with Gasteiger partial charge in [0.05, 0.1) is 11.6 Å². The summed E-state index contributed by atoms with van der Waals surface area (Å²) in [7, 11) is 0. The normalized spacial score (nSPS) is 15.4. The molecule has 10 heteroatoms. The van der Waals surface area contributed by atoms with E-state index in [1.165, 1.54) is 29.2 Å². The lowest BCUT2D eigenvalue weighted by Crippen LogP contribution is -2.31. The largest absolute Gasteiger partial charge is 0.503 e. The molecule has 4 rings (SSSR count). The summed E-state index contributed by atoms with van der Waals surface area (Å²) in [6, 6.07) is 17.8. The highest BCUT2D eigenvalue weighted by Gasteiger charge is 2.44. The fourth-order valence-corrected chi connectivity index (χ4v) is 4.23. The zero-order valence-corrected chi connectivity index (χ0v) is 20.4. The van der Waals surface area contributed by atoms with Crippen LogP contribution >= 0.6 is 23.2 Å². The van der Waals surface area contributed by atoms with E-state index < -0.39 is 35.4 Å². The molecule has 3 aromatic rings. The lowest BCUT2D eigenvalue weighted by molar-refractivity contribution is -0.131. The van der Waals surface area contributed by atoms with Gasteiger partial charge in [-0.3, -0.25) is 19.3 Å². The summed E-state index contributed by atoms with van der Waals surface area (Å²) in [6.07, 6.45) is 1.51. The number of Topliss-reactive ketones (excluding diaryl/α,β-unsaturated/α-hetero) is 1. The van der Waals surface area contributed by atoms with Crippen LogP contribution in [0.25, 0.3) is 0 Å². The first-order chi connectivity index (χ1) is 17.7. The number of ketones is 1. The molecule has 1 heterocycles. The number of nitrogens with one attached hydrogen (secondary N) is 1. The number of aliphatic carboxylic acids is 1. The number of anilines is 2. The van der Waals surface area contributed by atoms with Gasteiger partial charge in [-0.25, -0.2) is 4.79 Å². The fourth-order valence-electron chi connectivity index (χ4n) is 3.91. The summed E-state index contributed by atoms with van der Waals surface area (Å²) in [5.74, 6) is -4.15. The zero-order chi connectivity index (χ0) is 26.7. The van der Waals surface area contributed by atoms with E-state index in [2.05, 4.69) is 5.32 Å². The average Bonchev–Trinajstić information content (AvgIpc) is 3.13. The van der Waals surface area contributed by atoms with Gasteiger partial charge in [0, 0.05) is 39.1 Å². The number of hydrogen-bond donors (Lipinski definition) is 3. The van der Waals surface area contributed by atoms with Gasteiger partial charge in [0.25, 0.3) is 5.91 Å². The van der Waals surface area contributed by atoms with E-state index in [0.29, 0.717) is 27.4 Å². The van der Waals surface area contributed by atoms with Crippen LogP contribution in [-0.2, 0) is 14.4 Å². The number of benzene rings is 3. The molecule has 0 spiro atoms. The highest BCUT2D eigenvalue weighted by Crippen LogP contribution is 2.42. The van der Waals surface area contributed by atoms with Gasteiger partial charge in [-0.2, -0.15) is 0 Å². The Morgan fingerprint density at radius 3 is 2.27 bits per heavy atom. The third-order valence-electron chi connectivity index (χ3n) is 5.49. The van der Waals surface area contributed by atoms with Gasteiger partial charge in [0.15, 0.2) is 11.5 Å². The predicted molar refractivity (Wildman–Crippen MR) is 139 cm³/mol. The Bertz CT molecular complexity index is 1480. The van der Waals surface area contributed by atoms with Gasteiger partial charge in [0.1, 0.15) is 0 Å². The first-order valence-electron chi connectivity index (χ1n) is 10.8. The minimum Gasteiger partial charge on any atom is -0.503 e. The maximum absolute atomic E-state index is 13.7. The topological polar surface area (TPSA) is 124 Å². The number of carboxylic acid groups (broad SMARTS) is 1. The van der Waals surface area contributed by atoms with Crippen LogP contribution in [-0.4, -0.2) is 33.8 Å². The molecule has 0 aliphatic carbocycles. The van der Waals surface area contributed by atoms with Crippen molar-refractivity contribution in [2.75, 3.05) is 10.2 Å². The number of aliphatic hydroxyl groups is 1. The molecule has 1 aliphatic rings. The van der Waals surface area contributed by atoms with Crippen molar-refractivity contribution in [1.29, 1.82) is 0 Å². The third-order valence-corrected chi connectivity index (χ3v) is 5.98. The van der Waals surface area contributed by atoms with Crippen molar-refractivity contribution in [3.05, 3.63) is 117 Å². The second-order valence-electron chi connectivity index (χ2n) is 7.94. The van der Waals surface area contributed by atoms with E-state index in [0.717, 1.165) is 6.08 Å². The van der Waals surface area contributed by atoms with Crippen LogP contribution in [0, 0.1) is 0 Å². The summed E-state index contributed by atoms with van der Waals surface area (Å²) < 4.78 is 0. The molecule has 37 heavy (non-hydrogen) atoms. The Morgan fingerprint density at radius 2 is 1.59 bits per heavy atom. The quantitative estimate of drug-likeness (QED) is 0.276. The second kappa shape index (κ2) is 10.7. The van der Waals surface area contributed by atoms with Gasteiger partial charge < -0.3 is 15.5 Å². The molecule has 0 saturated heterocycles. The molecule has 8 nitrogen and oxygen atoms in total. The molecule has 0 bridgehead atoms. The number of amides is 2. The van der Waals surface area contributed by atoms with Crippen LogP contribution in [0.2, 0.25) is 10.0 Å². The summed E-state index contributed by atoms with van der Waals surface area (Å²) in [6.45, 7) is 0. The standard InChI is InChI=1S/C27H18Cl2N2O6/c28-17-9-7-15(8-10-17)24-23(26(36)27(37)31(24)20-6-2-4-18(29)14-20)25(35)16-3-1-5-19(13-16)30-21(32)11-12-22(33)34/h1-14,24,36H,(H,30,32)(H,33,34)/b12-11-. The Hall–Kier alpha value is -4.40. The molecule has 1 unspecified atom stereocenters. The minimum atomic E-state index is -1.29. The van der Waals surface area contributed by atoms with E-state index in [9.17, 15) is 24.3 Å². The summed E-state index contributed by atoms with van der Waals surface area (Å²) in [5.41, 5.74) is 1.03. The van der Waals surface area contributed by atoms with Gasteiger partial charge in [-0.15, -0.1) is 0 Å². The number of carbonyl (C=O) groups excluding carboxylic acids is 3. The first kappa shape index (κ1) is 25.7. The predicted octanol–water partition coefficient (Wildman–Crippen LogP) is 5.36. The summed E-state index contributed by atoms with van der Waals surface area (Å²) in [4.78, 5) is 50.8. The molecule has 3 aromatic carbocycles. The third kappa shape index (κ3) is 5.55. The monoisotopic (exact) mass is 536 g/mol. The SMILES string of the molecule is O=C(O)/C=C\C(=O)Nc1cccc(C(=O)C2=C(O)C(=O)N(c3cccc(Cl)c3)C2c2ccc(Cl)cc2)c1. The molecule has 1 aliphatic heterocycles. The van der Waals surface area contributed by atoms with Gasteiger partial charge in [-0.05, 0) is 48.0 Å². The molecule has 1 atom stereocenters. The number of hydrogen-bond acceptors (Lipinski definition) is 5. The Kier molecular flexibility index (Phi) is 7.42. The van der Waals surface area contributed by atoms with Crippen molar-refractivity contribution in [2.45, 2.75) is 6.04 Å². The van der Waals surface area contributed by atoms with Crippen LogP contribution in [0.4, 0.5) is 11.4 Å². The van der Waals surface area contributed by atoms with Crippen LogP contribution in [0.1, 0.15) is 22.0 Å². The lowest BCUT2D eigenvalue weighted by atomic mass is 9.92. The highest BCUT2D eigenvalue weighted by molar-refractivity contribution is 6.31. The maximum Gasteiger partial charge on any atom is 0.328 e. The maximum atomic E-state index is 13.7. The molecule has 0 fully saturated rings. The first-order valence-corrected chi connectivity index (χ1v) is 11.6. The van der Waals surface area contributed by atoms with Crippen molar-refractivity contribution in [3.63, 3.8) is 0 Å². The molecule has 2 amide bonds. The van der Waals surface area contributed by atoms with Crippen molar-refractivity contribution in [1.82, 2.24) is 0 Å². The number of halogens is 2. The van der Waals surface area contributed by atoms with Crippen molar-refractivity contribution in [2.24, 2.45) is 0 Å². The van der Waals surface area contributed by atoms with E-state index in [1.807, 2.05) is 0 Å². The molecule has 3 N–H and O–H groups in total. The van der Waals surface area contributed by atoms with E-state index >= 15 is 0 Å². The van der Waals surface area contributed by atoms with Crippen molar-refractivity contribution < 1.29 is 29.4 Å². The second-order valence-corrected chi connectivity index (χ2v) is 8.82. The summed E-state index contributed by atoms with van der Waals surface area (Å²) in [5, 5.41) is 22.8. The van der Waals surface area contributed by atoms with Crippen molar-refractivity contribution in [3.8, 4) is 0 Å². The molecule has 186 valence electrons. The van der Waals surface area contributed by atoms with Crippen molar-refractivity contribution >= 4 is 58.1 Å². The number of nitrogens with zero attached hydrogens (tertiary/aromatic N) is 1. The van der Waals surface area contributed by atoms with E-state index in [4.69, 9.17) is 28.3 Å². The van der Waals surface area contributed by atoms with Gasteiger partial charge in [0.2, 0.25) is 5.91 Å². The van der Waals surface area contributed by atoms with Gasteiger partial charge in [-0.1, -0.05) is 53.5 Å². The zero-order valence-electron chi connectivity index (χ0n) is 18.9. The average molecular weight is 537 g/mol. The van der Waals surface area contributed by atoms with Crippen LogP contribution in [0.5, 0.6) is 0 Å². The molecule has 0 saturated carbocycles. The Morgan fingerprint density at radius 1 is 0.892 bits per heavy atom. The number of aliphatic hydroxyl groups excluding tert-OH is 1. The highest BCUT2D eigenvalue weighted by atomic mass is 35.5. The smallest absolute Gasteiger partial charge is 0.328 e. The Balaban J connectivity index is 1.75. The van der Waals surface area contributed by atoms with Crippen LogP contribution < -0.4 is 10.2 Å². The number of carbonyl (C=O) groups is 4. The van der Waals surface area contributed by atoms with E-state index in [1.54, 1.807) is 48.5 Å². The number of rotatable bonds is 7. The molecular weight excluding hydrogens is 519 g/mol. The minimum absolute atomic E-state index is 0.0845. The van der Waals surface area contributed by atoms with Crippen LogP contribution in [0.3, 0.4) is 0 Å². The van der Waals surface area contributed by atoms with Crippen LogP contribution in [0.15, 0.2) is 96.3 Å². The van der Waals surface area contributed by atoms with Gasteiger partial charge >= 0.3 is 5.97 Å². The molecular formula is C27H18Cl2N2O6. The molecule has 0 radical (unpaired) electrons. The number of carboxylic acids is 1. The lowest BCUT2D eigenvalue weighted by Gasteiger charge is -2.27. The Labute approximate surface area is 221 Å². The summed E-state index contributed by atoms with van der Waals surface area (Å²) >= 11 is 12.2. The van der Waals surface area contributed by atoms with E-state index in [-0.39, 0.29) is 16.8 Å².